The summed E-state index contributed by atoms with van der Waals surface area (Å²) in [6.07, 6.45) is 2.53. The first-order valence-electron chi connectivity index (χ1n) is 12.1. The van der Waals surface area contributed by atoms with Gasteiger partial charge in [0.05, 0.1) is 37.9 Å². The number of anilines is 4. The maximum absolute atomic E-state index is 13.1. The third kappa shape index (κ3) is 5.85. The Balaban J connectivity index is 1.42. The van der Waals surface area contributed by atoms with Crippen LogP contribution in [0, 0.1) is 0 Å². The number of likely N-dealkylation sites (N-methyl/N-ethyl adjacent to an activating group) is 1. The Kier molecular flexibility index (Phi) is 7.32. The van der Waals surface area contributed by atoms with E-state index in [0.717, 1.165) is 30.9 Å². The Labute approximate surface area is 221 Å². The summed E-state index contributed by atoms with van der Waals surface area (Å²) in [6.45, 7) is 6.44. The molecule has 0 radical (unpaired) electrons. The summed E-state index contributed by atoms with van der Waals surface area (Å²) < 4.78 is 29.9. The van der Waals surface area contributed by atoms with E-state index in [1.54, 1.807) is 20.4 Å². The van der Waals surface area contributed by atoms with Gasteiger partial charge < -0.3 is 34.3 Å². The molecule has 0 bridgehead atoms. The van der Waals surface area contributed by atoms with E-state index in [9.17, 15) is 4.57 Å². The molecule has 0 aliphatic carbocycles. The van der Waals surface area contributed by atoms with E-state index in [1.807, 2.05) is 18.2 Å². The molecular formula is C26H31ClN5O4P. The van der Waals surface area contributed by atoms with Crippen LogP contribution in [0.15, 0.2) is 36.5 Å². The molecule has 0 amide bonds. The summed E-state index contributed by atoms with van der Waals surface area (Å²) in [5, 5.41) is 7.52. The minimum atomic E-state index is -2.66. The summed E-state index contributed by atoms with van der Waals surface area (Å²) in [7, 11) is 1.10. The van der Waals surface area contributed by atoms with Crippen molar-refractivity contribution in [3.05, 3.63) is 52.7 Å². The standard InChI is InChI=1S/C26H31ClN5O4P/c1-32-8-7-16-10-23(34-2)22(9-17(16)13-32)30-26-28-12-20(27)25(31-26)29-21-6-5-18(36-19-14-35-15-19)11-24(21)37(3,4)33/h5-6,9-12,19H,7-8,13-15H2,1-4H3,(H2,28,29,30,31). The Morgan fingerprint density at radius 1 is 1.14 bits per heavy atom. The van der Waals surface area contributed by atoms with Gasteiger partial charge in [-0.15, -0.1) is 0 Å². The predicted octanol–water partition coefficient (Wildman–Crippen LogP) is 4.64. The van der Waals surface area contributed by atoms with Gasteiger partial charge in [-0.1, -0.05) is 11.6 Å². The van der Waals surface area contributed by atoms with Crippen molar-refractivity contribution in [3.8, 4) is 11.5 Å². The van der Waals surface area contributed by atoms with Crippen LogP contribution < -0.4 is 25.4 Å². The third-order valence-electron chi connectivity index (χ3n) is 6.43. The van der Waals surface area contributed by atoms with Crippen LogP contribution in [0.25, 0.3) is 0 Å². The van der Waals surface area contributed by atoms with Gasteiger partial charge in [0.25, 0.3) is 0 Å². The molecule has 37 heavy (non-hydrogen) atoms. The molecule has 196 valence electrons. The van der Waals surface area contributed by atoms with Gasteiger partial charge in [0.2, 0.25) is 5.95 Å². The quantitative estimate of drug-likeness (QED) is 0.394. The van der Waals surface area contributed by atoms with Crippen molar-refractivity contribution in [2.24, 2.45) is 0 Å². The van der Waals surface area contributed by atoms with Gasteiger partial charge in [0.15, 0.2) is 5.82 Å². The summed E-state index contributed by atoms with van der Waals surface area (Å²) in [5.74, 6) is 2.13. The van der Waals surface area contributed by atoms with Gasteiger partial charge in [-0.3, -0.25) is 0 Å². The average Bonchev–Trinajstić information content (AvgIpc) is 2.83. The molecule has 0 atom stereocenters. The van der Waals surface area contributed by atoms with Gasteiger partial charge in [-0.05, 0) is 68.3 Å². The fourth-order valence-corrected chi connectivity index (χ4v) is 5.66. The van der Waals surface area contributed by atoms with Crippen molar-refractivity contribution in [1.82, 2.24) is 14.9 Å². The zero-order chi connectivity index (χ0) is 26.2. The highest BCUT2D eigenvalue weighted by molar-refractivity contribution is 7.70. The smallest absolute Gasteiger partial charge is 0.229 e. The van der Waals surface area contributed by atoms with Crippen LogP contribution in [-0.2, 0) is 22.3 Å². The molecule has 3 aromatic rings. The van der Waals surface area contributed by atoms with Gasteiger partial charge in [-0.2, -0.15) is 4.98 Å². The van der Waals surface area contributed by atoms with Gasteiger partial charge in [0.1, 0.15) is 29.8 Å². The molecule has 1 saturated heterocycles. The summed E-state index contributed by atoms with van der Waals surface area (Å²) in [4.78, 5) is 11.3. The van der Waals surface area contributed by atoms with Crippen LogP contribution in [-0.4, -0.2) is 68.2 Å². The maximum atomic E-state index is 13.1. The third-order valence-corrected chi connectivity index (χ3v) is 8.23. The molecular weight excluding hydrogens is 513 g/mol. The minimum absolute atomic E-state index is 0.0192. The second kappa shape index (κ2) is 10.5. The Hall–Kier alpha value is -2.84. The van der Waals surface area contributed by atoms with E-state index in [2.05, 4.69) is 44.7 Å². The van der Waals surface area contributed by atoms with Crippen LogP contribution in [0.3, 0.4) is 0 Å². The highest BCUT2D eigenvalue weighted by Crippen LogP contribution is 2.40. The number of rotatable bonds is 8. The van der Waals surface area contributed by atoms with E-state index in [4.69, 9.17) is 25.8 Å². The lowest BCUT2D eigenvalue weighted by Crippen LogP contribution is -2.38. The number of halogens is 1. The SMILES string of the molecule is COc1cc2c(cc1Nc1ncc(Cl)c(Nc3ccc(OC4COC4)cc3P(C)(C)=O)n1)CN(C)CC2. The summed E-state index contributed by atoms with van der Waals surface area (Å²) in [6, 6.07) is 9.64. The van der Waals surface area contributed by atoms with E-state index in [1.165, 1.54) is 17.3 Å². The number of hydrogen-bond acceptors (Lipinski definition) is 9. The number of aromatic nitrogens is 2. The number of nitrogens with zero attached hydrogens (tertiary/aromatic N) is 3. The topological polar surface area (TPSA) is 97.8 Å². The fourth-order valence-electron chi connectivity index (χ4n) is 4.37. The Morgan fingerprint density at radius 2 is 1.95 bits per heavy atom. The monoisotopic (exact) mass is 543 g/mol. The number of ether oxygens (including phenoxy) is 3. The van der Waals surface area contributed by atoms with Crippen molar-refractivity contribution in [2.45, 2.75) is 19.1 Å². The molecule has 2 aliphatic rings. The maximum Gasteiger partial charge on any atom is 0.229 e. The number of hydrogen-bond donors (Lipinski definition) is 2. The number of nitrogens with one attached hydrogen (secondary N) is 2. The van der Waals surface area contributed by atoms with Crippen molar-refractivity contribution in [2.75, 3.05) is 57.9 Å². The highest BCUT2D eigenvalue weighted by atomic mass is 35.5. The second-order valence-electron chi connectivity index (χ2n) is 9.76. The van der Waals surface area contributed by atoms with Crippen molar-refractivity contribution >= 4 is 47.2 Å². The Bertz CT molecular complexity index is 1360. The van der Waals surface area contributed by atoms with Crippen LogP contribution in [0.1, 0.15) is 11.1 Å². The van der Waals surface area contributed by atoms with Gasteiger partial charge in [-0.25, -0.2) is 4.98 Å². The first-order chi connectivity index (χ1) is 17.7. The molecule has 1 aromatic heterocycles. The van der Waals surface area contributed by atoms with Crippen LogP contribution >= 0.6 is 18.7 Å². The molecule has 0 unspecified atom stereocenters. The lowest BCUT2D eigenvalue weighted by molar-refractivity contribution is -0.0796. The van der Waals surface area contributed by atoms with E-state index >= 15 is 0 Å². The van der Waals surface area contributed by atoms with Gasteiger partial charge in [0, 0.05) is 18.4 Å². The van der Waals surface area contributed by atoms with Gasteiger partial charge >= 0.3 is 0 Å². The van der Waals surface area contributed by atoms with E-state index in [0.29, 0.717) is 46.7 Å². The zero-order valence-corrected chi connectivity index (χ0v) is 23.0. The lowest BCUT2D eigenvalue weighted by atomic mass is 9.99. The van der Waals surface area contributed by atoms with E-state index < -0.39 is 7.14 Å². The molecule has 2 aliphatic heterocycles. The molecule has 11 heteroatoms. The largest absolute Gasteiger partial charge is 0.495 e. The second-order valence-corrected chi connectivity index (χ2v) is 13.3. The number of methoxy groups -OCH3 is 1. The molecule has 2 N–H and O–H groups in total. The van der Waals surface area contributed by atoms with Crippen molar-refractivity contribution in [1.29, 1.82) is 0 Å². The molecule has 3 heterocycles. The number of fused-ring (bicyclic) bond motifs is 1. The fraction of sp³-hybridized carbons (Fsp3) is 0.385. The highest BCUT2D eigenvalue weighted by Gasteiger charge is 2.23. The number of benzene rings is 2. The first kappa shape index (κ1) is 25.8. The first-order valence-corrected chi connectivity index (χ1v) is 15.1. The molecule has 5 rings (SSSR count). The Morgan fingerprint density at radius 3 is 2.65 bits per heavy atom. The van der Waals surface area contributed by atoms with E-state index in [-0.39, 0.29) is 6.10 Å². The average molecular weight is 544 g/mol. The predicted molar refractivity (Wildman–Crippen MR) is 147 cm³/mol. The molecule has 0 spiro atoms. The molecule has 2 aromatic carbocycles. The van der Waals surface area contributed by atoms with Crippen molar-refractivity contribution in [3.63, 3.8) is 0 Å². The summed E-state index contributed by atoms with van der Waals surface area (Å²) in [5.41, 5.74) is 3.95. The molecule has 9 nitrogen and oxygen atoms in total. The minimum Gasteiger partial charge on any atom is -0.495 e. The lowest BCUT2D eigenvalue weighted by Gasteiger charge is -2.27. The zero-order valence-electron chi connectivity index (χ0n) is 21.4. The van der Waals surface area contributed by atoms with Crippen LogP contribution in [0.2, 0.25) is 5.02 Å². The molecule has 1 fully saturated rings. The molecule has 0 saturated carbocycles. The van der Waals surface area contributed by atoms with Crippen LogP contribution in [0.5, 0.6) is 11.5 Å². The summed E-state index contributed by atoms with van der Waals surface area (Å²) >= 11 is 6.46. The normalized spacial score (nSPS) is 16.0. The van der Waals surface area contributed by atoms with Crippen molar-refractivity contribution < 1.29 is 18.8 Å². The van der Waals surface area contributed by atoms with Crippen LogP contribution in [0.4, 0.5) is 23.1 Å².